The van der Waals surface area contributed by atoms with E-state index in [1.54, 1.807) is 0 Å². The van der Waals surface area contributed by atoms with Crippen LogP contribution >= 0.6 is 0 Å². The third-order valence-corrected chi connectivity index (χ3v) is 6.38. The van der Waals surface area contributed by atoms with Crippen molar-refractivity contribution >= 4 is 5.78 Å². The highest BCUT2D eigenvalue weighted by molar-refractivity contribution is 5.97. The number of carbonyl (C=O) groups is 1. The van der Waals surface area contributed by atoms with Gasteiger partial charge in [0.25, 0.3) is 0 Å². The van der Waals surface area contributed by atoms with Crippen molar-refractivity contribution in [3.8, 4) is 5.75 Å². The van der Waals surface area contributed by atoms with Gasteiger partial charge in [-0.05, 0) is 72.6 Å². The van der Waals surface area contributed by atoms with Gasteiger partial charge in [0.05, 0.1) is 11.7 Å². The summed E-state index contributed by atoms with van der Waals surface area (Å²) in [5.74, 6) is 0.392. The number of carbonyl (C=O) groups excluding carboxylic acids is 1. The molecule has 22 heavy (non-hydrogen) atoms. The Hall–Kier alpha value is -1.35. The van der Waals surface area contributed by atoms with E-state index in [0.717, 1.165) is 25.7 Å². The van der Waals surface area contributed by atoms with E-state index in [1.807, 2.05) is 12.1 Å². The summed E-state index contributed by atoms with van der Waals surface area (Å²) in [7, 11) is 0. The SMILES string of the molecule is CC(=O)c1cc2c(cc1O)C1(C)CCC(O)C(C)(C)C1CC2. The molecule has 2 aliphatic rings. The van der Waals surface area contributed by atoms with Crippen LogP contribution in [0.3, 0.4) is 0 Å². The first-order chi connectivity index (χ1) is 10.2. The van der Waals surface area contributed by atoms with Gasteiger partial charge in [-0.25, -0.2) is 0 Å². The predicted octanol–water partition coefficient (Wildman–Crippen LogP) is 3.60. The molecule has 0 radical (unpaired) electrons. The summed E-state index contributed by atoms with van der Waals surface area (Å²) in [6, 6.07) is 3.69. The Morgan fingerprint density at radius 2 is 1.91 bits per heavy atom. The molecule has 2 aliphatic carbocycles. The minimum absolute atomic E-state index is 0.0386. The van der Waals surface area contributed by atoms with Crippen molar-refractivity contribution < 1.29 is 15.0 Å². The molecule has 0 heterocycles. The number of Topliss-reactive ketones (excluding diaryl/α,β-unsaturated/α-hetero) is 1. The zero-order valence-corrected chi connectivity index (χ0v) is 13.9. The average Bonchev–Trinajstić information content (AvgIpc) is 2.43. The highest BCUT2D eigenvalue weighted by Crippen LogP contribution is 2.57. The van der Waals surface area contributed by atoms with E-state index in [0.29, 0.717) is 11.5 Å². The molecule has 3 atom stereocenters. The maximum absolute atomic E-state index is 11.7. The Balaban J connectivity index is 2.13. The van der Waals surface area contributed by atoms with E-state index >= 15 is 0 Å². The van der Waals surface area contributed by atoms with Gasteiger partial charge in [-0.15, -0.1) is 0 Å². The number of aromatic hydroxyl groups is 1. The maximum atomic E-state index is 11.7. The van der Waals surface area contributed by atoms with E-state index < -0.39 is 0 Å². The molecule has 0 aliphatic heterocycles. The maximum Gasteiger partial charge on any atom is 0.163 e. The molecule has 3 rings (SSSR count). The normalized spacial score (nSPS) is 33.0. The molecular weight excluding hydrogens is 276 g/mol. The van der Waals surface area contributed by atoms with Crippen LogP contribution in [0.1, 0.15) is 68.4 Å². The number of aryl methyl sites for hydroxylation is 1. The fourth-order valence-electron chi connectivity index (χ4n) is 5.00. The zero-order valence-electron chi connectivity index (χ0n) is 13.9. The van der Waals surface area contributed by atoms with Crippen molar-refractivity contribution in [1.82, 2.24) is 0 Å². The van der Waals surface area contributed by atoms with Crippen molar-refractivity contribution in [1.29, 1.82) is 0 Å². The van der Waals surface area contributed by atoms with Gasteiger partial charge in [0.15, 0.2) is 5.78 Å². The Morgan fingerprint density at radius 1 is 1.23 bits per heavy atom. The fourth-order valence-corrected chi connectivity index (χ4v) is 5.00. The number of rotatable bonds is 1. The quantitative estimate of drug-likeness (QED) is 0.779. The standard InChI is InChI=1S/C19H26O3/c1-11(20)13-9-12-5-6-16-18(2,3)17(22)7-8-19(16,4)14(12)10-15(13)21/h9-10,16-17,21-22H,5-8H2,1-4H3. The summed E-state index contributed by atoms with van der Waals surface area (Å²) in [5, 5.41) is 20.7. The predicted molar refractivity (Wildman–Crippen MR) is 86.3 cm³/mol. The first kappa shape index (κ1) is 15.5. The van der Waals surface area contributed by atoms with Gasteiger partial charge in [0, 0.05) is 0 Å². The van der Waals surface area contributed by atoms with Crippen molar-refractivity contribution in [2.24, 2.45) is 11.3 Å². The smallest absolute Gasteiger partial charge is 0.163 e. The Labute approximate surface area is 132 Å². The minimum atomic E-state index is -0.266. The molecule has 0 bridgehead atoms. The minimum Gasteiger partial charge on any atom is -0.507 e. The first-order valence-electron chi connectivity index (χ1n) is 8.23. The number of benzene rings is 1. The third-order valence-electron chi connectivity index (χ3n) is 6.38. The second kappa shape index (κ2) is 4.82. The topological polar surface area (TPSA) is 57.5 Å². The summed E-state index contributed by atoms with van der Waals surface area (Å²) in [6.07, 6.45) is 3.38. The first-order valence-corrected chi connectivity index (χ1v) is 8.23. The van der Waals surface area contributed by atoms with E-state index in [2.05, 4.69) is 20.8 Å². The summed E-state index contributed by atoms with van der Waals surface area (Å²) < 4.78 is 0. The molecule has 3 unspecified atom stereocenters. The number of aliphatic hydroxyl groups excluding tert-OH is 1. The van der Waals surface area contributed by atoms with E-state index in [1.165, 1.54) is 18.1 Å². The van der Waals surface area contributed by atoms with Crippen LogP contribution in [0, 0.1) is 11.3 Å². The van der Waals surface area contributed by atoms with Gasteiger partial charge in [0.1, 0.15) is 5.75 Å². The third kappa shape index (κ3) is 2.02. The van der Waals surface area contributed by atoms with Crippen LogP contribution in [-0.2, 0) is 11.8 Å². The Bertz CT molecular complexity index is 632. The van der Waals surface area contributed by atoms with Gasteiger partial charge in [0.2, 0.25) is 0 Å². The number of hydrogen-bond acceptors (Lipinski definition) is 3. The molecule has 3 heteroatoms. The highest BCUT2D eigenvalue weighted by atomic mass is 16.3. The highest BCUT2D eigenvalue weighted by Gasteiger charge is 2.53. The van der Waals surface area contributed by atoms with Gasteiger partial charge < -0.3 is 10.2 Å². The van der Waals surface area contributed by atoms with Crippen LogP contribution in [0.5, 0.6) is 5.75 Å². The van der Waals surface area contributed by atoms with Crippen LogP contribution in [0.4, 0.5) is 0 Å². The molecule has 3 nitrogen and oxygen atoms in total. The van der Waals surface area contributed by atoms with Gasteiger partial charge >= 0.3 is 0 Å². The number of phenols is 1. The van der Waals surface area contributed by atoms with E-state index in [4.69, 9.17) is 0 Å². The summed E-state index contributed by atoms with van der Waals surface area (Å²) in [5.41, 5.74) is 2.62. The molecule has 1 aromatic rings. The van der Waals surface area contributed by atoms with E-state index in [9.17, 15) is 15.0 Å². The fraction of sp³-hybridized carbons (Fsp3) is 0.632. The number of fused-ring (bicyclic) bond motifs is 3. The molecule has 0 aromatic heterocycles. The zero-order chi connectivity index (χ0) is 16.3. The van der Waals surface area contributed by atoms with Gasteiger partial charge in [-0.2, -0.15) is 0 Å². The van der Waals surface area contributed by atoms with Crippen molar-refractivity contribution in [2.45, 2.75) is 64.9 Å². The lowest BCUT2D eigenvalue weighted by Gasteiger charge is -2.56. The summed E-state index contributed by atoms with van der Waals surface area (Å²) >= 11 is 0. The molecule has 2 N–H and O–H groups in total. The van der Waals surface area contributed by atoms with Crippen LogP contribution in [0.25, 0.3) is 0 Å². The average molecular weight is 302 g/mol. The second-order valence-corrected chi connectivity index (χ2v) is 7.97. The second-order valence-electron chi connectivity index (χ2n) is 7.97. The molecule has 0 spiro atoms. The molecular formula is C19H26O3. The number of aliphatic hydroxyl groups is 1. The van der Waals surface area contributed by atoms with Crippen molar-refractivity contribution in [3.63, 3.8) is 0 Å². The monoisotopic (exact) mass is 302 g/mol. The molecule has 1 aromatic carbocycles. The lowest BCUT2D eigenvalue weighted by Crippen LogP contribution is -2.53. The molecule has 120 valence electrons. The van der Waals surface area contributed by atoms with Crippen LogP contribution in [0.2, 0.25) is 0 Å². The Kier molecular flexibility index (Phi) is 3.41. The molecule has 0 saturated heterocycles. The lowest BCUT2D eigenvalue weighted by molar-refractivity contribution is -0.0731. The summed E-state index contributed by atoms with van der Waals surface area (Å²) in [4.78, 5) is 11.7. The number of phenolic OH excluding ortho intramolecular Hbond substituents is 1. The van der Waals surface area contributed by atoms with E-state index in [-0.39, 0.29) is 28.5 Å². The number of ketones is 1. The van der Waals surface area contributed by atoms with Gasteiger partial charge in [-0.1, -0.05) is 20.8 Å². The van der Waals surface area contributed by atoms with Crippen molar-refractivity contribution in [2.75, 3.05) is 0 Å². The van der Waals surface area contributed by atoms with Crippen molar-refractivity contribution in [3.05, 3.63) is 28.8 Å². The molecule has 1 saturated carbocycles. The summed E-state index contributed by atoms with van der Waals surface area (Å²) in [6.45, 7) is 8.08. The molecule has 0 amide bonds. The molecule has 1 fully saturated rings. The van der Waals surface area contributed by atoms with Crippen LogP contribution in [-0.4, -0.2) is 22.1 Å². The van der Waals surface area contributed by atoms with Crippen LogP contribution < -0.4 is 0 Å². The van der Waals surface area contributed by atoms with Gasteiger partial charge in [-0.3, -0.25) is 4.79 Å². The largest absolute Gasteiger partial charge is 0.507 e. The van der Waals surface area contributed by atoms with Crippen LogP contribution in [0.15, 0.2) is 12.1 Å². The number of hydrogen-bond donors (Lipinski definition) is 2. The Morgan fingerprint density at radius 3 is 2.55 bits per heavy atom. The lowest BCUT2D eigenvalue weighted by atomic mass is 9.49.